The minimum absolute atomic E-state index is 0.0409. The van der Waals surface area contributed by atoms with Crippen LogP contribution in [-0.4, -0.2) is 6.04 Å². The van der Waals surface area contributed by atoms with Crippen molar-refractivity contribution in [2.24, 2.45) is 5.73 Å². The molecule has 0 bridgehead atoms. The Kier molecular flexibility index (Phi) is 5.66. The van der Waals surface area contributed by atoms with Crippen LogP contribution < -0.4 is 10.5 Å². The third-order valence-electron chi connectivity index (χ3n) is 3.29. The third-order valence-corrected chi connectivity index (χ3v) is 3.65. The van der Waals surface area contributed by atoms with E-state index in [1.165, 1.54) is 5.56 Å². The Morgan fingerprint density at radius 2 is 1.86 bits per heavy atom. The van der Waals surface area contributed by atoms with Gasteiger partial charge < -0.3 is 10.5 Å². The molecule has 21 heavy (non-hydrogen) atoms. The Morgan fingerprint density at radius 1 is 1.14 bits per heavy atom. The topological polar surface area (TPSA) is 35.2 Å². The molecule has 0 fully saturated rings. The average Bonchev–Trinajstić information content (AvgIpc) is 2.45. The van der Waals surface area contributed by atoms with Gasteiger partial charge in [0, 0.05) is 16.6 Å². The molecule has 2 N–H and O–H groups in total. The minimum Gasteiger partial charge on any atom is -0.457 e. The molecule has 0 amide bonds. The lowest BCUT2D eigenvalue weighted by molar-refractivity contribution is 0.473. The van der Waals surface area contributed by atoms with Crippen molar-refractivity contribution in [3.63, 3.8) is 0 Å². The van der Waals surface area contributed by atoms with Crippen molar-refractivity contribution >= 4 is 11.6 Å². The van der Waals surface area contributed by atoms with Crippen LogP contribution in [0, 0.1) is 0 Å². The maximum Gasteiger partial charge on any atom is 0.132 e. The quantitative estimate of drug-likeness (QED) is 0.817. The van der Waals surface area contributed by atoms with Crippen LogP contribution in [0.2, 0.25) is 5.02 Å². The maximum absolute atomic E-state index is 6.27. The monoisotopic (exact) mass is 303 g/mol. The lowest BCUT2D eigenvalue weighted by Crippen LogP contribution is -2.18. The lowest BCUT2D eigenvalue weighted by Gasteiger charge is -2.14. The summed E-state index contributed by atoms with van der Waals surface area (Å²) in [5.41, 5.74) is 8.18. The van der Waals surface area contributed by atoms with Gasteiger partial charge in [-0.1, -0.05) is 43.1 Å². The second kappa shape index (κ2) is 7.48. The molecule has 0 aliphatic carbocycles. The van der Waals surface area contributed by atoms with Gasteiger partial charge in [-0.05, 0) is 49.6 Å². The van der Waals surface area contributed by atoms with Crippen LogP contribution in [0.1, 0.15) is 31.4 Å². The lowest BCUT2D eigenvalue weighted by atomic mass is 10.1. The summed E-state index contributed by atoms with van der Waals surface area (Å²) in [7, 11) is 0. The van der Waals surface area contributed by atoms with Crippen molar-refractivity contribution in [2.45, 2.75) is 39.2 Å². The molecule has 1 atom stereocenters. The number of rotatable bonds is 6. The highest BCUT2D eigenvalue weighted by molar-refractivity contribution is 6.31. The van der Waals surface area contributed by atoms with Crippen LogP contribution in [0.5, 0.6) is 11.5 Å². The van der Waals surface area contributed by atoms with E-state index in [0.29, 0.717) is 11.4 Å². The van der Waals surface area contributed by atoms with Crippen molar-refractivity contribution in [2.75, 3.05) is 0 Å². The molecule has 1 unspecified atom stereocenters. The first-order chi connectivity index (χ1) is 10.1. The minimum atomic E-state index is 0.0409. The van der Waals surface area contributed by atoms with Gasteiger partial charge in [-0.25, -0.2) is 0 Å². The van der Waals surface area contributed by atoms with Crippen LogP contribution >= 0.6 is 11.6 Å². The normalized spacial score (nSPS) is 12.2. The summed E-state index contributed by atoms with van der Waals surface area (Å²) < 4.78 is 5.98. The van der Waals surface area contributed by atoms with Crippen molar-refractivity contribution in [1.29, 1.82) is 0 Å². The van der Waals surface area contributed by atoms with Crippen molar-refractivity contribution in [3.8, 4) is 11.5 Å². The number of aryl methyl sites for hydroxylation is 1. The van der Waals surface area contributed by atoms with Crippen LogP contribution in [0.25, 0.3) is 0 Å². The molecular weight excluding hydrogens is 282 g/mol. The molecule has 0 aliphatic rings. The largest absolute Gasteiger partial charge is 0.457 e. The maximum atomic E-state index is 6.27. The summed E-state index contributed by atoms with van der Waals surface area (Å²) in [6.07, 6.45) is 2.93. The zero-order valence-corrected chi connectivity index (χ0v) is 13.4. The second-order valence-electron chi connectivity index (χ2n) is 5.39. The molecule has 2 aromatic carbocycles. The molecule has 2 rings (SSSR count). The number of ether oxygens (including phenoxy) is 1. The Bertz CT molecular complexity index is 578. The molecule has 0 aromatic heterocycles. The summed E-state index contributed by atoms with van der Waals surface area (Å²) in [5, 5.41) is 0.701. The molecule has 2 aromatic rings. The van der Waals surface area contributed by atoms with Crippen LogP contribution in [-0.2, 0) is 12.8 Å². The second-order valence-corrected chi connectivity index (χ2v) is 5.80. The van der Waals surface area contributed by atoms with Crippen LogP contribution in [0.4, 0.5) is 0 Å². The van der Waals surface area contributed by atoms with Gasteiger partial charge in [-0.15, -0.1) is 0 Å². The summed E-state index contributed by atoms with van der Waals surface area (Å²) in [4.78, 5) is 0. The summed E-state index contributed by atoms with van der Waals surface area (Å²) in [6.45, 7) is 4.14. The van der Waals surface area contributed by atoms with Gasteiger partial charge in [-0.2, -0.15) is 0 Å². The SMILES string of the molecule is CCCc1ccc(Oc2cccc(Cl)c2CC(C)N)cc1. The highest BCUT2D eigenvalue weighted by atomic mass is 35.5. The van der Waals surface area contributed by atoms with Gasteiger partial charge in [0.25, 0.3) is 0 Å². The van der Waals surface area contributed by atoms with Gasteiger partial charge in [-0.3, -0.25) is 0 Å². The van der Waals surface area contributed by atoms with Gasteiger partial charge in [0.2, 0.25) is 0 Å². The molecule has 112 valence electrons. The zero-order valence-electron chi connectivity index (χ0n) is 12.6. The third kappa shape index (κ3) is 4.48. The van der Waals surface area contributed by atoms with Gasteiger partial charge in [0.05, 0.1) is 0 Å². The van der Waals surface area contributed by atoms with Crippen LogP contribution in [0.3, 0.4) is 0 Å². The molecule has 2 nitrogen and oxygen atoms in total. The van der Waals surface area contributed by atoms with E-state index in [0.717, 1.165) is 29.9 Å². The fourth-order valence-corrected chi connectivity index (χ4v) is 2.54. The first-order valence-electron chi connectivity index (χ1n) is 7.40. The molecule has 0 saturated carbocycles. The Hall–Kier alpha value is -1.51. The fourth-order valence-electron chi connectivity index (χ4n) is 2.29. The molecule has 0 spiro atoms. The highest BCUT2D eigenvalue weighted by Gasteiger charge is 2.11. The van der Waals surface area contributed by atoms with E-state index >= 15 is 0 Å². The number of nitrogens with two attached hydrogens (primary N) is 1. The molecule has 0 radical (unpaired) electrons. The van der Waals surface area contributed by atoms with E-state index in [1.807, 2.05) is 37.3 Å². The molecule has 0 heterocycles. The van der Waals surface area contributed by atoms with Crippen molar-refractivity contribution in [1.82, 2.24) is 0 Å². The molecule has 0 aliphatic heterocycles. The predicted molar refractivity (Wildman–Crippen MR) is 89.3 cm³/mol. The van der Waals surface area contributed by atoms with E-state index in [1.54, 1.807) is 0 Å². The Morgan fingerprint density at radius 3 is 2.48 bits per heavy atom. The van der Waals surface area contributed by atoms with E-state index < -0.39 is 0 Å². The average molecular weight is 304 g/mol. The molecular formula is C18H22ClNO. The Labute approximate surface area is 131 Å². The number of benzene rings is 2. The fraction of sp³-hybridized carbons (Fsp3) is 0.333. The summed E-state index contributed by atoms with van der Waals surface area (Å²) >= 11 is 6.27. The molecule has 0 saturated heterocycles. The number of hydrogen-bond donors (Lipinski definition) is 1. The van der Waals surface area contributed by atoms with Gasteiger partial charge >= 0.3 is 0 Å². The summed E-state index contributed by atoms with van der Waals surface area (Å²) in [5.74, 6) is 1.60. The smallest absolute Gasteiger partial charge is 0.132 e. The van der Waals surface area contributed by atoms with Crippen LogP contribution in [0.15, 0.2) is 42.5 Å². The zero-order chi connectivity index (χ0) is 15.2. The first-order valence-corrected chi connectivity index (χ1v) is 7.77. The summed E-state index contributed by atoms with van der Waals surface area (Å²) in [6, 6.07) is 14.0. The van der Waals surface area contributed by atoms with E-state index in [9.17, 15) is 0 Å². The van der Waals surface area contributed by atoms with Crippen molar-refractivity contribution in [3.05, 3.63) is 58.6 Å². The van der Waals surface area contributed by atoms with E-state index in [-0.39, 0.29) is 6.04 Å². The molecule has 3 heteroatoms. The standard InChI is InChI=1S/C18H22ClNO/c1-3-5-14-8-10-15(11-9-14)21-18-7-4-6-17(19)16(18)12-13(2)20/h4,6-11,13H,3,5,12,20H2,1-2H3. The predicted octanol–water partition coefficient (Wildman–Crippen LogP) is 4.97. The Balaban J connectivity index is 2.20. The van der Waals surface area contributed by atoms with E-state index in [2.05, 4.69) is 19.1 Å². The number of halogens is 1. The van der Waals surface area contributed by atoms with Gasteiger partial charge in [0.1, 0.15) is 11.5 Å². The number of hydrogen-bond acceptors (Lipinski definition) is 2. The van der Waals surface area contributed by atoms with Gasteiger partial charge in [0.15, 0.2) is 0 Å². The first kappa shape index (κ1) is 15.9. The van der Waals surface area contributed by atoms with E-state index in [4.69, 9.17) is 22.1 Å². The van der Waals surface area contributed by atoms with Crippen molar-refractivity contribution < 1.29 is 4.74 Å². The highest BCUT2D eigenvalue weighted by Crippen LogP contribution is 2.31.